The number of methoxy groups -OCH3 is 1. The number of ether oxygens (including phenoxy) is 1. The zero-order valence-electron chi connectivity index (χ0n) is 10.1. The van der Waals surface area contributed by atoms with Crippen molar-refractivity contribution in [1.82, 2.24) is 10.2 Å². The normalized spacial score (nSPS) is 15.1. The molecule has 0 heterocycles. The van der Waals surface area contributed by atoms with E-state index in [4.69, 9.17) is 10.5 Å². The number of nitrogens with one attached hydrogen (secondary N) is 1. The third-order valence-corrected chi connectivity index (χ3v) is 2.06. The zero-order chi connectivity index (χ0) is 11.8. The van der Waals surface area contributed by atoms with Gasteiger partial charge in [-0.1, -0.05) is 0 Å². The molecule has 0 spiro atoms. The highest BCUT2D eigenvalue weighted by atomic mass is 16.5. The molecular weight excluding hydrogens is 194 g/mol. The van der Waals surface area contributed by atoms with Crippen molar-refractivity contribution in [3.63, 3.8) is 0 Å². The van der Waals surface area contributed by atoms with E-state index >= 15 is 0 Å². The molecule has 0 fully saturated rings. The lowest BCUT2D eigenvalue weighted by Crippen LogP contribution is -2.41. The zero-order valence-corrected chi connectivity index (χ0v) is 10.1. The molecule has 3 N–H and O–H groups in total. The van der Waals surface area contributed by atoms with E-state index < -0.39 is 0 Å². The Hall–Kier alpha value is -0.650. The molecule has 0 aromatic heterocycles. The first-order chi connectivity index (χ1) is 6.99. The summed E-state index contributed by atoms with van der Waals surface area (Å²) in [7, 11) is 5.51. The summed E-state index contributed by atoms with van der Waals surface area (Å²) in [5.74, 6) is -0.0124. The third-order valence-electron chi connectivity index (χ3n) is 2.06. The summed E-state index contributed by atoms with van der Waals surface area (Å²) < 4.78 is 5.04. The van der Waals surface area contributed by atoms with Gasteiger partial charge in [0, 0.05) is 26.2 Å². The third kappa shape index (κ3) is 7.30. The van der Waals surface area contributed by atoms with Gasteiger partial charge in [0.05, 0.1) is 12.5 Å². The fourth-order valence-electron chi connectivity index (χ4n) is 1.40. The van der Waals surface area contributed by atoms with Crippen LogP contribution in [0.2, 0.25) is 0 Å². The minimum atomic E-state index is -0.184. The van der Waals surface area contributed by atoms with E-state index in [0.717, 1.165) is 6.54 Å². The molecule has 5 heteroatoms. The molecular formula is C10H23N3O2. The van der Waals surface area contributed by atoms with Gasteiger partial charge in [0.25, 0.3) is 0 Å². The highest BCUT2D eigenvalue weighted by molar-refractivity contribution is 5.76. The molecule has 0 saturated carbocycles. The van der Waals surface area contributed by atoms with Crippen LogP contribution in [0.15, 0.2) is 0 Å². The molecule has 90 valence electrons. The monoisotopic (exact) mass is 217 g/mol. The Labute approximate surface area is 91.9 Å². The lowest BCUT2D eigenvalue weighted by atomic mass is 10.2. The standard InChI is InChI=1S/C10H23N3O2/c1-8(7-13(2)3)12-10(14)5-9(6-11)15-4/h8-9H,5-7,11H2,1-4H3,(H,12,14). The van der Waals surface area contributed by atoms with Crippen molar-refractivity contribution in [2.45, 2.75) is 25.5 Å². The van der Waals surface area contributed by atoms with Crippen molar-refractivity contribution in [3.05, 3.63) is 0 Å². The maximum absolute atomic E-state index is 11.5. The van der Waals surface area contributed by atoms with E-state index in [0.29, 0.717) is 13.0 Å². The van der Waals surface area contributed by atoms with Gasteiger partial charge in [-0.25, -0.2) is 0 Å². The summed E-state index contributed by atoms with van der Waals surface area (Å²) in [6.45, 7) is 3.17. The molecule has 0 rings (SSSR count). The summed E-state index contributed by atoms with van der Waals surface area (Å²) in [6, 6.07) is 0.141. The van der Waals surface area contributed by atoms with Crippen molar-refractivity contribution >= 4 is 5.91 Å². The molecule has 0 aliphatic carbocycles. The van der Waals surface area contributed by atoms with Gasteiger partial charge < -0.3 is 20.7 Å². The molecule has 0 bridgehead atoms. The fraction of sp³-hybridized carbons (Fsp3) is 0.900. The summed E-state index contributed by atoms with van der Waals surface area (Å²) >= 11 is 0. The van der Waals surface area contributed by atoms with Crippen LogP contribution in [0.25, 0.3) is 0 Å². The molecule has 0 saturated heterocycles. The molecule has 0 aliphatic heterocycles. The fourth-order valence-corrected chi connectivity index (χ4v) is 1.40. The van der Waals surface area contributed by atoms with Crippen LogP contribution in [0.4, 0.5) is 0 Å². The number of hydrogen-bond donors (Lipinski definition) is 2. The van der Waals surface area contributed by atoms with Crippen molar-refractivity contribution in [3.8, 4) is 0 Å². The number of hydrogen-bond acceptors (Lipinski definition) is 4. The van der Waals surface area contributed by atoms with Crippen LogP contribution in [0.5, 0.6) is 0 Å². The quantitative estimate of drug-likeness (QED) is 0.598. The Morgan fingerprint density at radius 1 is 1.53 bits per heavy atom. The SMILES string of the molecule is COC(CN)CC(=O)NC(C)CN(C)C. The van der Waals surface area contributed by atoms with Gasteiger partial charge >= 0.3 is 0 Å². The minimum absolute atomic E-state index is 0.0124. The van der Waals surface area contributed by atoms with Crippen molar-refractivity contribution < 1.29 is 9.53 Å². The number of carbonyl (C=O) groups excluding carboxylic acids is 1. The van der Waals surface area contributed by atoms with E-state index in [2.05, 4.69) is 5.32 Å². The highest BCUT2D eigenvalue weighted by Gasteiger charge is 2.13. The summed E-state index contributed by atoms with van der Waals surface area (Å²) in [4.78, 5) is 13.5. The molecule has 0 radical (unpaired) electrons. The topological polar surface area (TPSA) is 67.6 Å². The second kappa shape index (κ2) is 7.62. The minimum Gasteiger partial charge on any atom is -0.380 e. The maximum atomic E-state index is 11.5. The summed E-state index contributed by atoms with van der Waals surface area (Å²) in [5.41, 5.74) is 5.43. The van der Waals surface area contributed by atoms with E-state index in [9.17, 15) is 4.79 Å². The van der Waals surface area contributed by atoms with Crippen LogP contribution < -0.4 is 11.1 Å². The van der Waals surface area contributed by atoms with Gasteiger partial charge in [-0.05, 0) is 21.0 Å². The number of rotatable bonds is 7. The first-order valence-corrected chi connectivity index (χ1v) is 5.16. The van der Waals surface area contributed by atoms with Crippen molar-refractivity contribution in [1.29, 1.82) is 0 Å². The van der Waals surface area contributed by atoms with Crippen LogP contribution >= 0.6 is 0 Å². The lowest BCUT2D eigenvalue weighted by Gasteiger charge is -2.19. The Balaban J connectivity index is 3.81. The molecule has 0 aliphatic rings. The van der Waals surface area contributed by atoms with Gasteiger partial charge in [0.2, 0.25) is 5.91 Å². The molecule has 0 aromatic carbocycles. The first kappa shape index (κ1) is 14.3. The second-order valence-electron chi connectivity index (χ2n) is 4.03. The van der Waals surface area contributed by atoms with Gasteiger partial charge in [0.15, 0.2) is 0 Å². The smallest absolute Gasteiger partial charge is 0.222 e. The number of amides is 1. The van der Waals surface area contributed by atoms with E-state index in [1.54, 1.807) is 7.11 Å². The van der Waals surface area contributed by atoms with Crippen molar-refractivity contribution in [2.75, 3.05) is 34.3 Å². The Morgan fingerprint density at radius 2 is 2.13 bits per heavy atom. The molecule has 0 aromatic rings. The number of likely N-dealkylation sites (N-methyl/N-ethyl adjacent to an activating group) is 1. The van der Waals surface area contributed by atoms with Crippen LogP contribution in [-0.4, -0.2) is 57.2 Å². The van der Waals surface area contributed by atoms with Crippen LogP contribution in [0.1, 0.15) is 13.3 Å². The van der Waals surface area contributed by atoms with Crippen molar-refractivity contribution in [2.24, 2.45) is 5.73 Å². The molecule has 2 unspecified atom stereocenters. The second-order valence-corrected chi connectivity index (χ2v) is 4.03. The maximum Gasteiger partial charge on any atom is 0.222 e. The largest absolute Gasteiger partial charge is 0.380 e. The summed E-state index contributed by atoms with van der Waals surface area (Å²) in [5, 5.41) is 2.89. The number of nitrogens with two attached hydrogens (primary N) is 1. The van der Waals surface area contributed by atoms with E-state index in [-0.39, 0.29) is 18.1 Å². The Morgan fingerprint density at radius 3 is 2.53 bits per heavy atom. The Bertz CT molecular complexity index is 182. The van der Waals surface area contributed by atoms with Gasteiger partial charge in [0.1, 0.15) is 0 Å². The summed E-state index contributed by atoms with van der Waals surface area (Å²) in [6.07, 6.45) is 0.140. The van der Waals surface area contributed by atoms with Crippen LogP contribution in [0, 0.1) is 0 Å². The van der Waals surface area contributed by atoms with E-state index in [1.165, 1.54) is 0 Å². The molecule has 15 heavy (non-hydrogen) atoms. The lowest BCUT2D eigenvalue weighted by molar-refractivity contribution is -0.124. The predicted octanol–water partition coefficient (Wildman–Crippen LogP) is -0.583. The molecule has 1 amide bonds. The van der Waals surface area contributed by atoms with Gasteiger partial charge in [-0.3, -0.25) is 4.79 Å². The average molecular weight is 217 g/mol. The van der Waals surface area contributed by atoms with Gasteiger partial charge in [-0.15, -0.1) is 0 Å². The van der Waals surface area contributed by atoms with E-state index in [1.807, 2.05) is 25.9 Å². The highest BCUT2D eigenvalue weighted by Crippen LogP contribution is 1.95. The average Bonchev–Trinajstić information content (AvgIpc) is 2.12. The van der Waals surface area contributed by atoms with Gasteiger partial charge in [-0.2, -0.15) is 0 Å². The first-order valence-electron chi connectivity index (χ1n) is 5.16. The number of carbonyl (C=O) groups is 1. The predicted molar refractivity (Wildman–Crippen MR) is 60.6 cm³/mol. The van der Waals surface area contributed by atoms with Crippen LogP contribution in [-0.2, 0) is 9.53 Å². The molecule has 2 atom stereocenters. The number of nitrogens with zero attached hydrogens (tertiary/aromatic N) is 1. The molecule has 5 nitrogen and oxygen atoms in total. The van der Waals surface area contributed by atoms with Crippen LogP contribution in [0.3, 0.4) is 0 Å². The Kier molecular flexibility index (Phi) is 7.29.